The minimum atomic E-state index is -1.00. The van der Waals surface area contributed by atoms with Gasteiger partial charge in [0, 0.05) is 11.6 Å². The second kappa shape index (κ2) is 8.23. The lowest BCUT2D eigenvalue weighted by molar-refractivity contribution is 0.0600. The maximum absolute atomic E-state index is 14.1. The standard InChI is InChI=1S/C23H15F2N5O3/c1-32-23(31)14-5-2-4-13(8-14)18-9-15(33-29-18)11-30-12-20-19(10-26-30)27-22(28-20)16-6-3-7-17(24)21(16)25/h2-10,12H,11H2,1H3. The van der Waals surface area contributed by atoms with E-state index in [1.807, 2.05) is 0 Å². The van der Waals surface area contributed by atoms with Crippen molar-refractivity contribution in [2.75, 3.05) is 7.11 Å². The first-order chi connectivity index (χ1) is 16.0. The lowest BCUT2D eigenvalue weighted by Crippen LogP contribution is -2.04. The number of carbonyl (C=O) groups is 1. The van der Waals surface area contributed by atoms with Crippen molar-refractivity contribution in [3.05, 3.63) is 83.9 Å². The van der Waals surface area contributed by atoms with Gasteiger partial charge in [0.25, 0.3) is 0 Å². The van der Waals surface area contributed by atoms with Crippen LogP contribution >= 0.6 is 0 Å². The smallest absolute Gasteiger partial charge is 0.337 e. The van der Waals surface area contributed by atoms with Crippen LogP contribution in [-0.4, -0.2) is 38.0 Å². The van der Waals surface area contributed by atoms with Gasteiger partial charge in [-0.2, -0.15) is 5.10 Å². The van der Waals surface area contributed by atoms with Crippen LogP contribution in [0, 0.1) is 11.6 Å². The molecule has 0 radical (unpaired) electrons. The zero-order valence-corrected chi connectivity index (χ0v) is 17.2. The van der Waals surface area contributed by atoms with Gasteiger partial charge in [-0.1, -0.05) is 23.4 Å². The largest absolute Gasteiger partial charge is 0.465 e. The van der Waals surface area contributed by atoms with Gasteiger partial charge in [0.15, 0.2) is 23.2 Å². The molecule has 0 amide bonds. The fourth-order valence-electron chi connectivity index (χ4n) is 3.35. The molecule has 5 rings (SSSR count). The molecule has 3 aromatic rings. The van der Waals surface area contributed by atoms with E-state index in [9.17, 15) is 13.6 Å². The molecular weight excluding hydrogens is 432 g/mol. The van der Waals surface area contributed by atoms with Crippen molar-refractivity contribution in [2.24, 2.45) is 0 Å². The zero-order chi connectivity index (χ0) is 22.9. The molecule has 0 saturated carbocycles. The molecule has 1 aromatic heterocycles. The lowest BCUT2D eigenvalue weighted by Gasteiger charge is -2.03. The molecule has 33 heavy (non-hydrogen) atoms. The number of halogens is 2. The minimum absolute atomic E-state index is 0.0215. The molecule has 0 fully saturated rings. The van der Waals surface area contributed by atoms with Crippen molar-refractivity contribution in [1.29, 1.82) is 0 Å². The Morgan fingerprint density at radius 2 is 1.88 bits per heavy atom. The summed E-state index contributed by atoms with van der Waals surface area (Å²) in [7, 11) is 1.32. The maximum Gasteiger partial charge on any atom is 0.337 e. The minimum Gasteiger partial charge on any atom is -0.465 e. The van der Waals surface area contributed by atoms with Gasteiger partial charge in [-0.3, -0.25) is 4.68 Å². The number of imidazole rings is 1. The molecule has 10 heteroatoms. The van der Waals surface area contributed by atoms with E-state index in [4.69, 9.17) is 9.26 Å². The van der Waals surface area contributed by atoms with E-state index in [1.54, 1.807) is 41.2 Å². The summed E-state index contributed by atoms with van der Waals surface area (Å²) in [5.74, 6) is -1.82. The molecule has 0 saturated heterocycles. The van der Waals surface area contributed by atoms with Gasteiger partial charge in [-0.15, -0.1) is 0 Å². The summed E-state index contributed by atoms with van der Waals surface area (Å²) in [4.78, 5) is 20.3. The van der Waals surface area contributed by atoms with E-state index >= 15 is 0 Å². The van der Waals surface area contributed by atoms with Gasteiger partial charge in [-0.05, 0) is 24.3 Å². The lowest BCUT2D eigenvalue weighted by atomic mass is 10.1. The van der Waals surface area contributed by atoms with E-state index in [0.29, 0.717) is 34.0 Å². The number of hydrogen-bond donors (Lipinski definition) is 0. The third-order valence-corrected chi connectivity index (χ3v) is 4.96. The van der Waals surface area contributed by atoms with Crippen LogP contribution in [0.1, 0.15) is 16.1 Å². The number of rotatable bonds is 5. The Balaban J connectivity index is 1.39. The van der Waals surface area contributed by atoms with Gasteiger partial charge >= 0.3 is 5.97 Å². The van der Waals surface area contributed by atoms with Crippen molar-refractivity contribution in [1.82, 2.24) is 24.9 Å². The molecule has 0 spiro atoms. The van der Waals surface area contributed by atoms with Crippen molar-refractivity contribution in [3.63, 3.8) is 0 Å². The van der Waals surface area contributed by atoms with Crippen LogP contribution in [-0.2, 0) is 11.3 Å². The maximum atomic E-state index is 14.1. The number of ether oxygens (including phenoxy) is 1. The molecule has 0 unspecified atom stereocenters. The number of esters is 1. The summed E-state index contributed by atoms with van der Waals surface area (Å²) in [6, 6.07) is 12.4. The Morgan fingerprint density at radius 1 is 1.06 bits per heavy atom. The Bertz CT molecular complexity index is 1450. The van der Waals surface area contributed by atoms with Crippen molar-refractivity contribution in [2.45, 2.75) is 6.54 Å². The molecular formula is C23H15F2N5O3. The summed E-state index contributed by atoms with van der Waals surface area (Å²) >= 11 is 0. The molecule has 0 aliphatic carbocycles. The highest BCUT2D eigenvalue weighted by atomic mass is 19.2. The third-order valence-electron chi connectivity index (χ3n) is 4.96. The predicted octanol–water partition coefficient (Wildman–Crippen LogP) is 4.21. The number of hydrogen-bond acceptors (Lipinski definition) is 7. The van der Waals surface area contributed by atoms with E-state index in [0.717, 1.165) is 6.07 Å². The first-order valence-corrected chi connectivity index (χ1v) is 9.81. The highest BCUT2D eigenvalue weighted by molar-refractivity contribution is 5.90. The Hall–Kier alpha value is -4.47. The molecule has 8 nitrogen and oxygen atoms in total. The summed E-state index contributed by atoms with van der Waals surface area (Å²) in [5.41, 5.74) is 2.55. The monoisotopic (exact) mass is 447 g/mol. The number of nitrogens with zero attached hydrogens (tertiary/aromatic N) is 5. The molecule has 3 heterocycles. The Labute approximate surface area is 185 Å². The van der Waals surface area contributed by atoms with E-state index < -0.39 is 17.6 Å². The molecule has 0 N–H and O–H groups in total. The normalized spacial score (nSPS) is 11.1. The highest BCUT2D eigenvalue weighted by Crippen LogP contribution is 2.27. The number of benzene rings is 2. The van der Waals surface area contributed by atoms with Gasteiger partial charge in [-0.25, -0.2) is 23.5 Å². The van der Waals surface area contributed by atoms with Crippen LogP contribution in [0.15, 0.2) is 65.4 Å². The second-order valence-corrected chi connectivity index (χ2v) is 7.14. The van der Waals surface area contributed by atoms with E-state index in [1.165, 1.54) is 25.4 Å². The molecule has 164 valence electrons. The first-order valence-electron chi connectivity index (χ1n) is 9.81. The van der Waals surface area contributed by atoms with Gasteiger partial charge in [0.2, 0.25) is 0 Å². The fourth-order valence-corrected chi connectivity index (χ4v) is 3.35. The number of methoxy groups -OCH3 is 1. The Morgan fingerprint density at radius 3 is 2.73 bits per heavy atom. The van der Waals surface area contributed by atoms with Gasteiger partial charge in [0.1, 0.15) is 23.6 Å². The topological polar surface area (TPSA) is 95.9 Å². The number of fused-ring (bicyclic) bond motifs is 1. The summed E-state index contributed by atoms with van der Waals surface area (Å²) in [6.45, 7) is 0.246. The van der Waals surface area contributed by atoms with Crippen molar-refractivity contribution in [3.8, 4) is 34.0 Å². The highest BCUT2D eigenvalue weighted by Gasteiger charge is 2.18. The first kappa shape index (κ1) is 20.4. The van der Waals surface area contributed by atoms with E-state index in [2.05, 4.69) is 20.2 Å². The molecule has 0 bridgehead atoms. The number of aromatic nitrogens is 5. The third kappa shape index (κ3) is 3.93. The van der Waals surface area contributed by atoms with Crippen LogP contribution in [0.3, 0.4) is 0 Å². The Kier molecular flexibility index (Phi) is 5.09. The molecule has 2 aliphatic heterocycles. The summed E-state index contributed by atoms with van der Waals surface area (Å²) in [5, 5.41) is 8.34. The van der Waals surface area contributed by atoms with Gasteiger partial charge < -0.3 is 9.26 Å². The van der Waals surface area contributed by atoms with Crippen LogP contribution in [0.2, 0.25) is 0 Å². The average Bonchev–Trinajstić information content (AvgIpc) is 3.47. The predicted molar refractivity (Wildman–Crippen MR) is 112 cm³/mol. The summed E-state index contributed by atoms with van der Waals surface area (Å²) in [6.07, 6.45) is 3.11. The quantitative estimate of drug-likeness (QED) is 0.372. The zero-order valence-electron chi connectivity index (χ0n) is 17.2. The fraction of sp³-hybridized carbons (Fsp3) is 0.0870. The SMILES string of the molecule is COC(=O)c1cccc(-c2cc(Cn3cc4nc(-c5cccc(F)c5F)nc-4cn3)on2)c1. The van der Waals surface area contributed by atoms with Crippen LogP contribution < -0.4 is 0 Å². The summed E-state index contributed by atoms with van der Waals surface area (Å²) < 4.78 is 39.4. The van der Waals surface area contributed by atoms with Gasteiger partial charge in [0.05, 0.1) is 30.6 Å². The second-order valence-electron chi connectivity index (χ2n) is 7.14. The molecule has 2 aromatic carbocycles. The van der Waals surface area contributed by atoms with Crippen LogP contribution in [0.25, 0.3) is 34.0 Å². The van der Waals surface area contributed by atoms with Crippen LogP contribution in [0.4, 0.5) is 8.78 Å². The average molecular weight is 447 g/mol. The van der Waals surface area contributed by atoms with E-state index in [-0.39, 0.29) is 17.9 Å². The molecule has 0 atom stereocenters. The van der Waals surface area contributed by atoms with Crippen molar-refractivity contribution >= 4 is 5.97 Å². The van der Waals surface area contributed by atoms with Crippen LogP contribution in [0.5, 0.6) is 0 Å². The van der Waals surface area contributed by atoms with Crippen molar-refractivity contribution < 1.29 is 22.8 Å². The molecule has 2 aliphatic rings. The number of carbonyl (C=O) groups excluding carboxylic acids is 1.